The zero-order chi connectivity index (χ0) is 16.9. The van der Waals surface area contributed by atoms with E-state index in [1.54, 1.807) is 0 Å². The first kappa shape index (κ1) is 16.5. The summed E-state index contributed by atoms with van der Waals surface area (Å²) in [5.41, 5.74) is 3.90. The summed E-state index contributed by atoms with van der Waals surface area (Å²) in [4.78, 5) is 4.80. The van der Waals surface area contributed by atoms with Crippen molar-refractivity contribution in [2.75, 3.05) is 0 Å². The van der Waals surface area contributed by atoms with Crippen molar-refractivity contribution in [2.45, 2.75) is 39.2 Å². The Labute approximate surface area is 147 Å². The van der Waals surface area contributed by atoms with E-state index >= 15 is 0 Å². The van der Waals surface area contributed by atoms with Crippen LogP contribution in [-0.4, -0.2) is 9.55 Å². The summed E-state index contributed by atoms with van der Waals surface area (Å²) in [6, 6.07) is 15.8. The first-order valence-corrected chi connectivity index (χ1v) is 8.72. The minimum absolute atomic E-state index is 0.684. The number of aryl methyl sites for hydroxylation is 1. The molecule has 2 aromatic carbocycles. The molecule has 4 heteroatoms. The van der Waals surface area contributed by atoms with Crippen LogP contribution >= 0.6 is 11.6 Å². The van der Waals surface area contributed by atoms with Crippen LogP contribution < -0.4 is 0 Å². The van der Waals surface area contributed by atoms with E-state index in [9.17, 15) is 0 Å². The quantitative estimate of drug-likeness (QED) is 0.569. The smallest absolute Gasteiger partial charge is 0.110 e. The molecule has 0 atom stereocenters. The lowest BCUT2D eigenvalue weighted by Crippen LogP contribution is -2.05. The third-order valence-corrected chi connectivity index (χ3v) is 4.45. The van der Waals surface area contributed by atoms with Gasteiger partial charge in [0.15, 0.2) is 0 Å². The number of nitriles is 1. The van der Waals surface area contributed by atoms with Gasteiger partial charge in [-0.15, -0.1) is 0 Å². The van der Waals surface area contributed by atoms with Crippen LogP contribution in [0.15, 0.2) is 42.5 Å². The van der Waals surface area contributed by atoms with Gasteiger partial charge in [0.1, 0.15) is 5.82 Å². The van der Waals surface area contributed by atoms with Crippen LogP contribution in [0, 0.1) is 11.3 Å². The minimum atomic E-state index is 0.684. The number of benzene rings is 2. The van der Waals surface area contributed by atoms with Gasteiger partial charge in [0, 0.05) is 18.0 Å². The molecular formula is C20H20ClN3. The van der Waals surface area contributed by atoms with Crippen molar-refractivity contribution in [3.63, 3.8) is 0 Å². The molecule has 0 spiro atoms. The van der Waals surface area contributed by atoms with Gasteiger partial charge >= 0.3 is 0 Å². The molecule has 24 heavy (non-hydrogen) atoms. The van der Waals surface area contributed by atoms with Crippen LogP contribution in [0.2, 0.25) is 5.02 Å². The van der Waals surface area contributed by atoms with Gasteiger partial charge in [-0.05, 0) is 42.3 Å². The lowest BCUT2D eigenvalue weighted by molar-refractivity contribution is 0.659. The van der Waals surface area contributed by atoms with E-state index in [2.05, 4.69) is 17.6 Å². The second-order valence-electron chi connectivity index (χ2n) is 6.01. The van der Waals surface area contributed by atoms with Gasteiger partial charge in [-0.2, -0.15) is 5.26 Å². The SMILES string of the molecule is CCCCCc1nc2cc(Cl)ccc2n1Cc1ccc(C#N)cc1. The fourth-order valence-corrected chi connectivity index (χ4v) is 3.09. The van der Waals surface area contributed by atoms with E-state index in [1.807, 2.05) is 42.5 Å². The Balaban J connectivity index is 1.96. The zero-order valence-corrected chi connectivity index (χ0v) is 14.6. The average Bonchev–Trinajstić information content (AvgIpc) is 2.92. The number of aromatic nitrogens is 2. The highest BCUT2D eigenvalue weighted by Crippen LogP contribution is 2.23. The van der Waals surface area contributed by atoms with Crippen LogP contribution in [0.25, 0.3) is 11.0 Å². The molecule has 3 aromatic rings. The average molecular weight is 338 g/mol. The maximum Gasteiger partial charge on any atom is 0.110 e. The molecule has 1 aromatic heterocycles. The Morgan fingerprint density at radius 2 is 1.92 bits per heavy atom. The third kappa shape index (κ3) is 3.60. The van der Waals surface area contributed by atoms with E-state index in [0.717, 1.165) is 36.2 Å². The first-order valence-electron chi connectivity index (χ1n) is 8.35. The predicted octanol–water partition coefficient (Wildman–Crippen LogP) is 5.34. The lowest BCUT2D eigenvalue weighted by Gasteiger charge is -2.10. The number of unbranched alkanes of at least 4 members (excludes halogenated alkanes) is 2. The zero-order valence-electron chi connectivity index (χ0n) is 13.8. The number of fused-ring (bicyclic) bond motifs is 1. The molecule has 0 saturated carbocycles. The molecule has 1 heterocycles. The van der Waals surface area contributed by atoms with Crippen LogP contribution in [-0.2, 0) is 13.0 Å². The molecule has 122 valence electrons. The molecule has 0 saturated heterocycles. The van der Waals surface area contributed by atoms with Gasteiger partial charge < -0.3 is 4.57 Å². The Kier molecular flexibility index (Phi) is 5.17. The molecule has 0 aliphatic carbocycles. The normalized spacial score (nSPS) is 10.9. The standard InChI is InChI=1S/C20H20ClN3/c1-2-3-4-5-20-23-18-12-17(21)10-11-19(18)24(20)14-16-8-6-15(13-22)7-9-16/h6-12H,2-5,14H2,1H3. The maximum absolute atomic E-state index is 8.94. The number of nitrogens with zero attached hydrogens (tertiary/aromatic N) is 3. The van der Waals surface area contributed by atoms with E-state index < -0.39 is 0 Å². The monoisotopic (exact) mass is 337 g/mol. The van der Waals surface area contributed by atoms with Crippen molar-refractivity contribution >= 4 is 22.6 Å². The Morgan fingerprint density at radius 1 is 1.12 bits per heavy atom. The van der Waals surface area contributed by atoms with Gasteiger partial charge in [0.25, 0.3) is 0 Å². The number of halogens is 1. The minimum Gasteiger partial charge on any atom is -0.323 e. The lowest BCUT2D eigenvalue weighted by atomic mass is 10.1. The molecule has 0 amide bonds. The summed E-state index contributed by atoms with van der Waals surface area (Å²) in [6.45, 7) is 2.96. The summed E-state index contributed by atoms with van der Waals surface area (Å²) in [7, 11) is 0. The van der Waals surface area contributed by atoms with Crippen LogP contribution in [0.5, 0.6) is 0 Å². The molecule has 0 N–H and O–H groups in total. The highest BCUT2D eigenvalue weighted by molar-refractivity contribution is 6.31. The maximum atomic E-state index is 8.94. The van der Waals surface area contributed by atoms with Gasteiger partial charge in [0.2, 0.25) is 0 Å². The molecular weight excluding hydrogens is 318 g/mol. The van der Waals surface area contributed by atoms with E-state index in [0.29, 0.717) is 10.6 Å². The van der Waals surface area contributed by atoms with E-state index in [1.165, 1.54) is 18.4 Å². The van der Waals surface area contributed by atoms with Crippen molar-refractivity contribution in [1.29, 1.82) is 5.26 Å². The molecule has 0 aliphatic heterocycles. The topological polar surface area (TPSA) is 41.6 Å². The summed E-state index contributed by atoms with van der Waals surface area (Å²) >= 11 is 6.12. The second kappa shape index (κ2) is 7.51. The predicted molar refractivity (Wildman–Crippen MR) is 98.2 cm³/mol. The molecule has 0 aliphatic rings. The van der Waals surface area contributed by atoms with Gasteiger partial charge in [-0.1, -0.05) is 43.5 Å². The van der Waals surface area contributed by atoms with Crippen LogP contribution in [0.3, 0.4) is 0 Å². The highest BCUT2D eigenvalue weighted by atomic mass is 35.5. The molecule has 3 rings (SSSR count). The third-order valence-electron chi connectivity index (χ3n) is 4.22. The molecule has 0 bridgehead atoms. The van der Waals surface area contributed by atoms with Crippen LogP contribution in [0.1, 0.15) is 43.1 Å². The first-order chi connectivity index (χ1) is 11.7. The summed E-state index contributed by atoms with van der Waals surface area (Å²) in [5, 5.41) is 9.65. The Bertz CT molecular complexity index is 872. The Hall–Kier alpha value is -2.31. The second-order valence-corrected chi connectivity index (χ2v) is 6.45. The molecule has 0 unspecified atom stereocenters. The summed E-state index contributed by atoms with van der Waals surface area (Å²) in [6.07, 6.45) is 4.51. The van der Waals surface area contributed by atoms with Crippen molar-refractivity contribution < 1.29 is 0 Å². The number of rotatable bonds is 6. The van der Waals surface area contributed by atoms with Crippen molar-refractivity contribution in [3.8, 4) is 6.07 Å². The van der Waals surface area contributed by atoms with Gasteiger partial charge in [-0.25, -0.2) is 4.98 Å². The fourth-order valence-electron chi connectivity index (χ4n) is 2.92. The largest absolute Gasteiger partial charge is 0.323 e. The highest BCUT2D eigenvalue weighted by Gasteiger charge is 2.11. The number of hydrogen-bond acceptors (Lipinski definition) is 2. The van der Waals surface area contributed by atoms with Crippen molar-refractivity contribution in [1.82, 2.24) is 9.55 Å². The fraction of sp³-hybridized carbons (Fsp3) is 0.300. The van der Waals surface area contributed by atoms with E-state index in [-0.39, 0.29) is 0 Å². The van der Waals surface area contributed by atoms with Gasteiger partial charge in [-0.3, -0.25) is 0 Å². The summed E-state index contributed by atoms with van der Waals surface area (Å²) < 4.78 is 2.27. The van der Waals surface area contributed by atoms with Crippen molar-refractivity contribution in [2.24, 2.45) is 0 Å². The molecule has 3 nitrogen and oxygen atoms in total. The van der Waals surface area contributed by atoms with Gasteiger partial charge in [0.05, 0.1) is 22.7 Å². The number of imidazole rings is 1. The number of hydrogen-bond donors (Lipinski definition) is 0. The Morgan fingerprint density at radius 3 is 2.62 bits per heavy atom. The molecule has 0 radical (unpaired) electrons. The molecule has 0 fully saturated rings. The van der Waals surface area contributed by atoms with E-state index in [4.69, 9.17) is 21.8 Å². The summed E-state index contributed by atoms with van der Waals surface area (Å²) in [5.74, 6) is 1.10. The van der Waals surface area contributed by atoms with Crippen molar-refractivity contribution in [3.05, 3.63) is 64.4 Å². The van der Waals surface area contributed by atoms with Crippen LogP contribution in [0.4, 0.5) is 0 Å².